The summed E-state index contributed by atoms with van der Waals surface area (Å²) in [6, 6.07) is 0. The molecule has 3 nitrogen and oxygen atoms in total. The van der Waals surface area contributed by atoms with Crippen molar-refractivity contribution in [3.63, 3.8) is 0 Å². The van der Waals surface area contributed by atoms with Crippen molar-refractivity contribution in [2.75, 3.05) is 0 Å². The molecule has 0 rings (SSSR count). The van der Waals surface area contributed by atoms with Crippen molar-refractivity contribution in [3.8, 4) is 0 Å². The molecule has 0 radical (unpaired) electrons. The van der Waals surface area contributed by atoms with E-state index >= 15 is 0 Å². The number of hydrogen-bond donors (Lipinski definition) is 0. The van der Waals surface area contributed by atoms with E-state index in [9.17, 15) is 79.0 Å². The van der Waals surface area contributed by atoms with Crippen LogP contribution in [0.4, 0.5) is 79.0 Å². The zero-order valence-corrected chi connectivity index (χ0v) is 13.3. The summed E-state index contributed by atoms with van der Waals surface area (Å²) in [6.07, 6.45) is -57.3. The molecule has 0 amide bonds. The van der Waals surface area contributed by atoms with Crippen molar-refractivity contribution in [3.05, 3.63) is 0 Å². The molecule has 0 aliphatic rings. The summed E-state index contributed by atoms with van der Waals surface area (Å²) in [5, 5.41) is 0. The second kappa shape index (κ2) is 8.91. The van der Waals surface area contributed by atoms with Crippen LogP contribution in [0.5, 0.6) is 0 Å². The lowest BCUT2D eigenvalue weighted by atomic mass is 10.1. The number of rotatable bonds is 6. The number of hydrogen-bond acceptors (Lipinski definition) is 3. The van der Waals surface area contributed by atoms with Crippen molar-refractivity contribution in [2.24, 2.45) is 0 Å². The third kappa shape index (κ3) is 9.37. The predicted molar refractivity (Wildman–Crippen MR) is 56.7 cm³/mol. The van der Waals surface area contributed by atoms with Crippen LogP contribution in [0, 0.1) is 0 Å². The summed E-state index contributed by atoms with van der Waals surface area (Å²) in [6.45, 7) is 0. The Morgan fingerprint density at radius 3 is 0.548 bits per heavy atom. The molecule has 0 spiro atoms. The van der Waals surface area contributed by atoms with Crippen molar-refractivity contribution >= 4 is 7.32 Å². The first kappa shape index (κ1) is 29.7. The molecule has 0 aliphatic carbocycles. The van der Waals surface area contributed by atoms with Gasteiger partial charge in [0.1, 0.15) is 0 Å². The van der Waals surface area contributed by atoms with Crippen molar-refractivity contribution in [2.45, 2.75) is 55.4 Å². The fraction of sp³-hybridized carbons (Fsp3) is 1.00. The normalized spacial score (nSPS) is 15.4. The predicted octanol–water partition coefficient (Wildman–Crippen LogP) is 5.50. The van der Waals surface area contributed by atoms with Gasteiger partial charge in [-0.15, -0.1) is 0 Å². The van der Waals surface area contributed by atoms with Crippen LogP contribution in [0.25, 0.3) is 0 Å². The Labute approximate surface area is 157 Å². The first-order chi connectivity index (χ1) is 13.2. The van der Waals surface area contributed by atoms with Gasteiger partial charge in [-0.3, -0.25) is 0 Å². The van der Waals surface area contributed by atoms with E-state index in [0.29, 0.717) is 0 Å². The van der Waals surface area contributed by atoms with E-state index in [0.717, 1.165) is 0 Å². The van der Waals surface area contributed by atoms with Gasteiger partial charge in [0.15, 0.2) is 0 Å². The van der Waals surface area contributed by atoms with E-state index in [-0.39, 0.29) is 0 Å². The highest BCUT2D eigenvalue weighted by molar-refractivity contribution is 6.36. The lowest BCUT2D eigenvalue weighted by Gasteiger charge is -2.32. The van der Waals surface area contributed by atoms with Crippen LogP contribution in [-0.4, -0.2) is 62.7 Å². The molecule has 0 aromatic heterocycles. The molecular formula is C9H3BF18O3. The first-order valence-corrected chi connectivity index (χ1v) is 6.55. The van der Waals surface area contributed by atoms with Gasteiger partial charge in [-0.2, -0.15) is 79.0 Å². The fourth-order valence-corrected chi connectivity index (χ4v) is 1.45. The van der Waals surface area contributed by atoms with Crippen LogP contribution in [0.15, 0.2) is 0 Å². The Hall–Kier alpha value is -1.32. The molecule has 0 bridgehead atoms. The molecule has 0 N–H and O–H groups in total. The molecule has 0 saturated heterocycles. The summed E-state index contributed by atoms with van der Waals surface area (Å²) in [5.41, 5.74) is 0. The Bertz CT molecular complexity index is 444. The van der Waals surface area contributed by atoms with E-state index in [4.69, 9.17) is 0 Å². The van der Waals surface area contributed by atoms with Crippen LogP contribution in [-0.2, 0) is 14.0 Å². The zero-order valence-electron chi connectivity index (χ0n) is 13.3. The molecule has 0 fully saturated rings. The molecule has 0 aromatic rings. The second-order valence-electron chi connectivity index (χ2n) is 5.09. The van der Waals surface area contributed by atoms with Crippen molar-refractivity contribution in [1.29, 1.82) is 0 Å². The van der Waals surface area contributed by atoms with Gasteiger partial charge in [0, 0.05) is 0 Å². The highest BCUT2D eigenvalue weighted by Crippen LogP contribution is 2.41. The highest BCUT2D eigenvalue weighted by atomic mass is 19.4. The Morgan fingerprint density at radius 1 is 0.323 bits per heavy atom. The van der Waals surface area contributed by atoms with E-state index in [1.54, 1.807) is 0 Å². The topological polar surface area (TPSA) is 27.7 Å². The molecule has 0 heterocycles. The Balaban J connectivity index is 6.36. The minimum absolute atomic E-state index is 2.53. The molecule has 0 unspecified atom stereocenters. The summed E-state index contributed by atoms with van der Waals surface area (Å²) in [4.78, 5) is 0. The van der Waals surface area contributed by atoms with Crippen LogP contribution in [0.2, 0.25) is 0 Å². The van der Waals surface area contributed by atoms with E-state index in [2.05, 4.69) is 14.0 Å². The summed E-state index contributed by atoms with van der Waals surface area (Å²) in [7, 11) is -5.06. The van der Waals surface area contributed by atoms with Gasteiger partial charge in [-0.05, 0) is 0 Å². The van der Waals surface area contributed by atoms with Crippen LogP contribution in [0.3, 0.4) is 0 Å². The molecule has 31 heavy (non-hydrogen) atoms. The molecular weight excluding hydrogens is 509 g/mol. The van der Waals surface area contributed by atoms with Gasteiger partial charge in [-0.1, -0.05) is 0 Å². The molecule has 0 aliphatic heterocycles. The summed E-state index contributed by atoms with van der Waals surface area (Å²) >= 11 is 0. The minimum Gasteiger partial charge on any atom is -0.366 e. The summed E-state index contributed by atoms with van der Waals surface area (Å²) in [5.74, 6) is 0. The maximum absolute atomic E-state index is 12.3. The number of alkyl halides is 18. The second-order valence-corrected chi connectivity index (χ2v) is 5.09. The average Bonchev–Trinajstić information content (AvgIpc) is 2.37. The third-order valence-corrected chi connectivity index (χ3v) is 2.53. The van der Waals surface area contributed by atoms with Crippen molar-refractivity contribution in [1.82, 2.24) is 0 Å². The average molecular weight is 512 g/mol. The maximum atomic E-state index is 12.3. The molecule has 22 heteroatoms. The van der Waals surface area contributed by atoms with Crippen molar-refractivity contribution < 1.29 is 93.0 Å². The number of halogens is 18. The molecule has 0 saturated carbocycles. The van der Waals surface area contributed by atoms with E-state index in [1.807, 2.05) is 0 Å². The monoisotopic (exact) mass is 512 g/mol. The SMILES string of the molecule is FC(F)(F)C(OB(OC(C(F)(F)F)C(F)(F)F)OC(C(F)(F)F)C(F)(F)F)C(F)(F)F. The lowest BCUT2D eigenvalue weighted by molar-refractivity contribution is -0.337. The Kier molecular flexibility index (Phi) is 8.53. The lowest BCUT2D eigenvalue weighted by Crippen LogP contribution is -2.57. The first-order valence-electron chi connectivity index (χ1n) is 6.55. The van der Waals surface area contributed by atoms with Gasteiger partial charge in [0.25, 0.3) is 0 Å². The van der Waals surface area contributed by atoms with Gasteiger partial charge < -0.3 is 14.0 Å². The van der Waals surface area contributed by atoms with Crippen LogP contribution in [0.1, 0.15) is 0 Å². The van der Waals surface area contributed by atoms with Crippen LogP contribution >= 0.6 is 0 Å². The largest absolute Gasteiger partial charge is 0.641 e. The summed E-state index contributed by atoms with van der Waals surface area (Å²) < 4.78 is 230. The quantitative estimate of drug-likeness (QED) is 0.348. The maximum Gasteiger partial charge on any atom is 0.641 e. The fourth-order valence-electron chi connectivity index (χ4n) is 1.45. The van der Waals surface area contributed by atoms with Gasteiger partial charge in [-0.25, -0.2) is 0 Å². The van der Waals surface area contributed by atoms with Crippen LogP contribution < -0.4 is 0 Å². The van der Waals surface area contributed by atoms with Gasteiger partial charge >= 0.3 is 44.4 Å². The smallest absolute Gasteiger partial charge is 0.366 e. The minimum atomic E-state index is -6.80. The molecule has 186 valence electrons. The third-order valence-electron chi connectivity index (χ3n) is 2.53. The highest BCUT2D eigenvalue weighted by Gasteiger charge is 2.66. The van der Waals surface area contributed by atoms with E-state index in [1.165, 1.54) is 0 Å². The zero-order chi connectivity index (χ0) is 25.4. The van der Waals surface area contributed by atoms with Gasteiger partial charge in [0.2, 0.25) is 18.3 Å². The van der Waals surface area contributed by atoms with Gasteiger partial charge in [0.05, 0.1) is 0 Å². The van der Waals surface area contributed by atoms with E-state index < -0.39 is 62.7 Å². The standard InChI is InChI=1S/C9H3BF18O3/c11-4(12,13)1(5(14,15)16)29-10(30-2(6(17,18)19)7(20,21)22)31-3(8(23,24)25)9(26,27)28/h1-3H. The molecule has 0 aromatic carbocycles. The molecule has 0 atom stereocenters. The Morgan fingerprint density at radius 2 is 0.452 bits per heavy atom.